The molecule has 0 spiro atoms. The van der Waals surface area contributed by atoms with Gasteiger partial charge >= 0.3 is 0 Å². The van der Waals surface area contributed by atoms with Crippen LogP contribution in [0.2, 0.25) is 0 Å². The molecule has 90 valence electrons. The number of rotatable bonds is 6. The molecule has 0 amide bonds. The van der Waals surface area contributed by atoms with E-state index in [1.54, 1.807) is 0 Å². The zero-order chi connectivity index (χ0) is 11.1. The first-order valence-electron chi connectivity index (χ1n) is 6.38. The monoisotopic (exact) mass is 214 g/mol. The molecule has 0 aliphatic heterocycles. The normalized spacial score (nSPS) is 25.4. The molecule has 1 rings (SSSR count). The summed E-state index contributed by atoms with van der Waals surface area (Å²) in [5, 5.41) is 0. The van der Waals surface area contributed by atoms with E-state index in [0.29, 0.717) is 5.41 Å². The maximum Gasteiger partial charge on any atom is 0.0544 e. The fourth-order valence-corrected chi connectivity index (χ4v) is 2.71. The maximum absolute atomic E-state index is 5.64. The summed E-state index contributed by atoms with van der Waals surface area (Å²) in [5.74, 6) is 0.833. The van der Waals surface area contributed by atoms with E-state index in [0.717, 1.165) is 32.3 Å². The van der Waals surface area contributed by atoms with Gasteiger partial charge in [-0.25, -0.2) is 0 Å². The average molecular weight is 214 g/mol. The van der Waals surface area contributed by atoms with Crippen LogP contribution in [0, 0.1) is 11.3 Å². The molecule has 0 radical (unpaired) electrons. The second kappa shape index (κ2) is 6.49. The number of hydrogen-bond acceptors (Lipinski definition) is 2. The molecule has 1 fully saturated rings. The summed E-state index contributed by atoms with van der Waals surface area (Å²) in [6.07, 6.45) is 5.26. The van der Waals surface area contributed by atoms with Gasteiger partial charge in [-0.1, -0.05) is 19.8 Å². The van der Waals surface area contributed by atoms with E-state index >= 15 is 0 Å². The maximum atomic E-state index is 5.64. The van der Waals surface area contributed by atoms with Crippen molar-refractivity contribution in [2.75, 3.05) is 26.4 Å². The van der Waals surface area contributed by atoms with Crippen molar-refractivity contribution in [3.05, 3.63) is 0 Å². The molecule has 0 bridgehead atoms. The van der Waals surface area contributed by atoms with Crippen molar-refractivity contribution in [3.8, 4) is 0 Å². The average Bonchev–Trinajstić information content (AvgIpc) is 2.24. The second-order valence-corrected chi connectivity index (χ2v) is 4.98. The molecule has 0 aromatic heterocycles. The Morgan fingerprint density at radius 2 is 1.73 bits per heavy atom. The molecule has 0 saturated heterocycles. The third kappa shape index (κ3) is 4.12. The van der Waals surface area contributed by atoms with Crippen LogP contribution < -0.4 is 0 Å². The lowest BCUT2D eigenvalue weighted by molar-refractivity contribution is -0.0467. The summed E-state index contributed by atoms with van der Waals surface area (Å²) in [7, 11) is 0. The molecule has 0 aromatic carbocycles. The quantitative estimate of drug-likeness (QED) is 0.675. The molecule has 1 atom stereocenters. The van der Waals surface area contributed by atoms with Gasteiger partial charge in [-0.2, -0.15) is 0 Å². The lowest BCUT2D eigenvalue weighted by Gasteiger charge is -2.39. The predicted octanol–water partition coefficient (Wildman–Crippen LogP) is 3.26. The Hall–Kier alpha value is -0.0800. The molecule has 1 saturated carbocycles. The third-order valence-electron chi connectivity index (χ3n) is 3.41. The van der Waals surface area contributed by atoms with Crippen molar-refractivity contribution >= 4 is 0 Å². The molecule has 1 aliphatic rings. The van der Waals surface area contributed by atoms with Gasteiger partial charge in [-0.15, -0.1) is 0 Å². The van der Waals surface area contributed by atoms with Crippen LogP contribution in [0.15, 0.2) is 0 Å². The Labute approximate surface area is 94.3 Å². The Morgan fingerprint density at radius 3 is 2.20 bits per heavy atom. The van der Waals surface area contributed by atoms with Gasteiger partial charge in [-0.05, 0) is 32.6 Å². The van der Waals surface area contributed by atoms with Crippen LogP contribution in [0.1, 0.15) is 46.5 Å². The van der Waals surface area contributed by atoms with Gasteiger partial charge in [0.1, 0.15) is 0 Å². The predicted molar refractivity (Wildman–Crippen MR) is 63.1 cm³/mol. The summed E-state index contributed by atoms with van der Waals surface area (Å²) in [5.41, 5.74) is 0.309. The Bertz CT molecular complexity index is 160. The van der Waals surface area contributed by atoms with Crippen molar-refractivity contribution in [2.45, 2.75) is 46.5 Å². The van der Waals surface area contributed by atoms with Crippen LogP contribution in [-0.2, 0) is 9.47 Å². The molecule has 0 aromatic rings. The minimum absolute atomic E-state index is 0.309. The molecule has 1 aliphatic carbocycles. The third-order valence-corrected chi connectivity index (χ3v) is 3.41. The molecule has 2 heteroatoms. The molecule has 0 unspecified atom stereocenters. The fourth-order valence-electron chi connectivity index (χ4n) is 2.71. The summed E-state index contributed by atoms with van der Waals surface area (Å²) in [4.78, 5) is 0. The van der Waals surface area contributed by atoms with Gasteiger partial charge in [0.2, 0.25) is 0 Å². The highest BCUT2D eigenvalue weighted by Gasteiger charge is 2.35. The first-order valence-corrected chi connectivity index (χ1v) is 6.38. The summed E-state index contributed by atoms with van der Waals surface area (Å²) < 4.78 is 11.3. The van der Waals surface area contributed by atoms with Crippen LogP contribution in [-0.4, -0.2) is 26.4 Å². The van der Waals surface area contributed by atoms with Crippen LogP contribution in [0.4, 0.5) is 0 Å². The van der Waals surface area contributed by atoms with Crippen molar-refractivity contribution in [2.24, 2.45) is 11.3 Å². The largest absolute Gasteiger partial charge is 0.381 e. The van der Waals surface area contributed by atoms with Gasteiger partial charge in [-0.3, -0.25) is 0 Å². The van der Waals surface area contributed by atoms with E-state index in [4.69, 9.17) is 9.47 Å². The highest BCUT2D eigenvalue weighted by atomic mass is 16.5. The lowest BCUT2D eigenvalue weighted by Crippen LogP contribution is -2.37. The zero-order valence-corrected chi connectivity index (χ0v) is 10.6. The van der Waals surface area contributed by atoms with Gasteiger partial charge in [0, 0.05) is 18.6 Å². The van der Waals surface area contributed by atoms with Gasteiger partial charge in [0.15, 0.2) is 0 Å². The van der Waals surface area contributed by atoms with E-state index < -0.39 is 0 Å². The molecule has 0 heterocycles. The first kappa shape index (κ1) is 13.0. The van der Waals surface area contributed by atoms with Crippen molar-refractivity contribution in [3.63, 3.8) is 0 Å². The smallest absolute Gasteiger partial charge is 0.0544 e. The Morgan fingerprint density at radius 1 is 1.13 bits per heavy atom. The number of hydrogen-bond donors (Lipinski definition) is 0. The fraction of sp³-hybridized carbons (Fsp3) is 1.00. The van der Waals surface area contributed by atoms with E-state index in [9.17, 15) is 0 Å². The van der Waals surface area contributed by atoms with Gasteiger partial charge in [0.05, 0.1) is 13.2 Å². The van der Waals surface area contributed by atoms with E-state index in [1.165, 1.54) is 25.7 Å². The highest BCUT2D eigenvalue weighted by molar-refractivity contribution is 4.85. The van der Waals surface area contributed by atoms with Crippen molar-refractivity contribution < 1.29 is 9.47 Å². The molecule has 15 heavy (non-hydrogen) atoms. The zero-order valence-electron chi connectivity index (χ0n) is 10.6. The molecule has 2 nitrogen and oxygen atoms in total. The van der Waals surface area contributed by atoms with Crippen LogP contribution in [0.3, 0.4) is 0 Å². The standard InChI is InChI=1S/C13H26O2/c1-4-14-10-13(11-15-5-2)8-6-7-12(3)9-13/h12H,4-11H2,1-3H3/t12-/m1/s1. The van der Waals surface area contributed by atoms with E-state index in [2.05, 4.69) is 20.8 Å². The van der Waals surface area contributed by atoms with Gasteiger partial charge < -0.3 is 9.47 Å². The summed E-state index contributed by atoms with van der Waals surface area (Å²) in [6.45, 7) is 9.90. The van der Waals surface area contributed by atoms with Gasteiger partial charge in [0.25, 0.3) is 0 Å². The summed E-state index contributed by atoms with van der Waals surface area (Å²) in [6, 6.07) is 0. The second-order valence-electron chi connectivity index (χ2n) is 4.98. The molecule has 0 N–H and O–H groups in total. The lowest BCUT2D eigenvalue weighted by atomic mass is 9.71. The van der Waals surface area contributed by atoms with Crippen molar-refractivity contribution in [1.29, 1.82) is 0 Å². The van der Waals surface area contributed by atoms with E-state index in [-0.39, 0.29) is 0 Å². The highest BCUT2D eigenvalue weighted by Crippen LogP contribution is 2.39. The topological polar surface area (TPSA) is 18.5 Å². The Kier molecular flexibility index (Phi) is 5.62. The number of ether oxygens (including phenoxy) is 2. The van der Waals surface area contributed by atoms with Crippen molar-refractivity contribution in [1.82, 2.24) is 0 Å². The van der Waals surface area contributed by atoms with Crippen LogP contribution >= 0.6 is 0 Å². The minimum atomic E-state index is 0.309. The Balaban J connectivity index is 2.49. The molecular weight excluding hydrogens is 188 g/mol. The SMILES string of the molecule is CCOCC1(COCC)CCC[C@@H](C)C1. The van der Waals surface area contributed by atoms with Crippen LogP contribution in [0.5, 0.6) is 0 Å². The van der Waals surface area contributed by atoms with Crippen LogP contribution in [0.25, 0.3) is 0 Å². The molecular formula is C13H26O2. The first-order chi connectivity index (χ1) is 7.22. The van der Waals surface area contributed by atoms with E-state index in [1.807, 2.05) is 0 Å². The minimum Gasteiger partial charge on any atom is -0.381 e. The summed E-state index contributed by atoms with van der Waals surface area (Å²) >= 11 is 0.